The van der Waals surface area contributed by atoms with Gasteiger partial charge in [-0.05, 0) is 48.6 Å². The zero-order valence-electron chi connectivity index (χ0n) is 11.8. The van der Waals surface area contributed by atoms with Gasteiger partial charge in [-0.1, -0.05) is 0 Å². The molecule has 0 radical (unpaired) electrons. The van der Waals surface area contributed by atoms with Crippen LogP contribution in [0, 0.1) is 13.8 Å². The Bertz CT molecular complexity index is 924. The molecule has 6 heteroatoms. The van der Waals surface area contributed by atoms with Gasteiger partial charge >= 0.3 is 5.69 Å². The Labute approximate surface area is 120 Å². The van der Waals surface area contributed by atoms with E-state index in [0.717, 1.165) is 22.0 Å². The van der Waals surface area contributed by atoms with E-state index in [4.69, 9.17) is 0 Å². The Hall–Kier alpha value is -2.47. The van der Waals surface area contributed by atoms with Gasteiger partial charge in [0.15, 0.2) is 5.82 Å². The van der Waals surface area contributed by atoms with Crippen molar-refractivity contribution in [3.63, 3.8) is 0 Å². The summed E-state index contributed by atoms with van der Waals surface area (Å²) in [6.45, 7) is 4.16. The number of aromatic nitrogens is 3. The summed E-state index contributed by atoms with van der Waals surface area (Å²) in [5.74, 6) is 0.300. The highest BCUT2D eigenvalue weighted by atomic mass is 16.3. The summed E-state index contributed by atoms with van der Waals surface area (Å²) >= 11 is 0. The molecule has 2 aliphatic heterocycles. The van der Waals surface area contributed by atoms with Crippen molar-refractivity contribution in [2.24, 2.45) is 0 Å². The van der Waals surface area contributed by atoms with Crippen LogP contribution in [0.5, 0.6) is 0 Å². The first-order chi connectivity index (χ1) is 10.0. The molecule has 1 aromatic rings. The molecule has 0 fully saturated rings. The molecule has 108 valence electrons. The molecule has 21 heavy (non-hydrogen) atoms. The van der Waals surface area contributed by atoms with Crippen LogP contribution in [0.3, 0.4) is 0 Å². The van der Waals surface area contributed by atoms with E-state index in [9.17, 15) is 14.7 Å². The van der Waals surface area contributed by atoms with Gasteiger partial charge in [-0.25, -0.2) is 4.79 Å². The normalized spacial score (nSPS) is 11.4. The minimum absolute atomic E-state index is 0.103. The van der Waals surface area contributed by atoms with Gasteiger partial charge in [0.1, 0.15) is 0 Å². The number of benzene rings is 1. The Morgan fingerprint density at radius 2 is 1.90 bits per heavy atom. The molecule has 0 unspecified atom stereocenters. The maximum Gasteiger partial charge on any atom is 0.349 e. The fourth-order valence-electron chi connectivity index (χ4n) is 2.55. The number of rotatable bonds is 2. The third kappa shape index (κ3) is 2.13. The lowest BCUT2D eigenvalue weighted by Gasteiger charge is -2.17. The number of hydrogen-bond acceptors (Lipinski definition) is 4. The topological polar surface area (TPSA) is 88.0 Å². The van der Waals surface area contributed by atoms with Gasteiger partial charge in [0.05, 0.1) is 17.7 Å². The Morgan fingerprint density at radius 1 is 1.19 bits per heavy atom. The Balaban J connectivity index is 2.55. The second-order valence-corrected chi connectivity index (χ2v) is 5.12. The van der Waals surface area contributed by atoms with Crippen LogP contribution < -0.4 is 11.2 Å². The number of nitrogens with one attached hydrogen (secondary N) is 1. The first-order valence-corrected chi connectivity index (χ1v) is 6.67. The highest BCUT2D eigenvalue weighted by Gasteiger charge is 2.17. The van der Waals surface area contributed by atoms with E-state index in [-0.39, 0.29) is 13.2 Å². The summed E-state index contributed by atoms with van der Waals surface area (Å²) in [6.07, 6.45) is 0. The van der Waals surface area contributed by atoms with E-state index < -0.39 is 11.2 Å². The van der Waals surface area contributed by atoms with E-state index >= 15 is 0 Å². The summed E-state index contributed by atoms with van der Waals surface area (Å²) < 4.78 is 1.72. The largest absolute Gasteiger partial charge is 0.395 e. The smallest absolute Gasteiger partial charge is 0.349 e. The first-order valence-electron chi connectivity index (χ1n) is 6.67. The van der Waals surface area contributed by atoms with Crippen molar-refractivity contribution in [1.82, 2.24) is 14.5 Å². The minimum atomic E-state index is -0.678. The molecule has 6 nitrogen and oxygen atoms in total. The monoisotopic (exact) mass is 285 g/mol. The van der Waals surface area contributed by atoms with E-state index in [2.05, 4.69) is 9.97 Å². The Morgan fingerprint density at radius 3 is 2.62 bits per heavy atom. The zero-order chi connectivity index (χ0) is 15.1. The van der Waals surface area contributed by atoms with Crippen LogP contribution in [-0.4, -0.2) is 26.2 Å². The van der Waals surface area contributed by atoms with Crippen molar-refractivity contribution in [3.05, 3.63) is 50.2 Å². The van der Waals surface area contributed by atoms with Crippen molar-refractivity contribution in [1.29, 1.82) is 0 Å². The number of aromatic amines is 1. The molecular weight excluding hydrogens is 270 g/mol. The van der Waals surface area contributed by atoms with Crippen LogP contribution in [0.15, 0.2) is 27.8 Å². The van der Waals surface area contributed by atoms with Crippen molar-refractivity contribution >= 4 is 10.9 Å². The second-order valence-electron chi connectivity index (χ2n) is 5.12. The average molecular weight is 285 g/mol. The van der Waals surface area contributed by atoms with Crippen molar-refractivity contribution in [2.75, 3.05) is 6.61 Å². The molecule has 1 aromatic carbocycles. The highest BCUT2D eigenvalue weighted by molar-refractivity contribution is 5.86. The minimum Gasteiger partial charge on any atom is -0.395 e. The zero-order valence-corrected chi connectivity index (χ0v) is 11.8. The standard InChI is InChI=1S/C15H15N3O3/c1-8-5-10-7-11-13(16-15(21)17-14(11)20)18(3-4-19)12(10)6-9(8)2/h5-7,19H,3-4H2,1-2H3,(H,17,20,21). The molecule has 2 N–H and O–H groups in total. The fourth-order valence-corrected chi connectivity index (χ4v) is 2.55. The third-order valence-corrected chi connectivity index (χ3v) is 3.73. The van der Waals surface area contributed by atoms with E-state index in [1.165, 1.54) is 0 Å². The van der Waals surface area contributed by atoms with Gasteiger partial charge in [0, 0.05) is 6.54 Å². The Kier molecular flexibility index (Phi) is 3.10. The number of aliphatic hydroxyl groups excluding tert-OH is 1. The quantitative estimate of drug-likeness (QED) is 0.682. The summed E-state index contributed by atoms with van der Waals surface area (Å²) in [7, 11) is 0. The molecule has 0 amide bonds. The van der Waals surface area contributed by atoms with Crippen molar-refractivity contribution in [2.45, 2.75) is 20.4 Å². The number of aliphatic hydroxyl groups is 1. The molecule has 0 saturated carbocycles. The highest BCUT2D eigenvalue weighted by Crippen LogP contribution is 2.26. The lowest BCUT2D eigenvalue weighted by molar-refractivity contribution is 0.278. The average Bonchev–Trinajstić information content (AvgIpc) is 2.42. The van der Waals surface area contributed by atoms with Gasteiger partial charge in [-0.15, -0.1) is 0 Å². The van der Waals surface area contributed by atoms with Gasteiger partial charge in [-0.2, -0.15) is 4.98 Å². The van der Waals surface area contributed by atoms with E-state index in [1.54, 1.807) is 10.6 Å². The number of nitrogens with zero attached hydrogens (tertiary/aromatic N) is 2. The summed E-state index contributed by atoms with van der Waals surface area (Å²) in [5, 5.41) is 10.2. The number of hydrogen-bond donors (Lipinski definition) is 2. The third-order valence-electron chi connectivity index (χ3n) is 3.73. The number of fused-ring (bicyclic) bond motifs is 2. The van der Waals surface area contributed by atoms with E-state index in [0.29, 0.717) is 11.4 Å². The number of pyridine rings is 1. The van der Waals surface area contributed by atoms with Crippen LogP contribution in [0.2, 0.25) is 0 Å². The molecule has 0 aromatic heterocycles. The van der Waals surface area contributed by atoms with Gasteiger partial charge in [0.25, 0.3) is 5.56 Å². The fraction of sp³-hybridized carbons (Fsp3) is 0.267. The number of H-pyrrole nitrogens is 1. The molecule has 2 heterocycles. The molecule has 0 bridgehead atoms. The SMILES string of the molecule is Cc1cc2cc3c(=O)[nH]c(=O)nc-3n(CCO)c2cc1C. The van der Waals surface area contributed by atoms with Crippen molar-refractivity contribution in [3.8, 4) is 11.4 Å². The second kappa shape index (κ2) is 4.82. The maximum atomic E-state index is 12.0. The van der Waals surface area contributed by atoms with Crippen molar-refractivity contribution < 1.29 is 5.11 Å². The molecule has 0 aliphatic carbocycles. The lowest BCUT2D eigenvalue weighted by Crippen LogP contribution is -2.28. The molecular formula is C15H15N3O3. The van der Waals surface area contributed by atoms with Crippen LogP contribution >= 0.6 is 0 Å². The molecule has 0 spiro atoms. The van der Waals surface area contributed by atoms with Crippen LogP contribution in [0.4, 0.5) is 0 Å². The predicted molar refractivity (Wildman–Crippen MR) is 79.8 cm³/mol. The summed E-state index contributed by atoms with van der Waals surface area (Å²) in [5.41, 5.74) is 2.26. The van der Waals surface area contributed by atoms with Crippen LogP contribution in [0.25, 0.3) is 22.3 Å². The predicted octanol–water partition coefficient (Wildman–Crippen LogP) is 0.799. The molecule has 0 saturated heterocycles. The lowest BCUT2D eigenvalue weighted by atomic mass is 10.0. The van der Waals surface area contributed by atoms with Crippen LogP contribution in [-0.2, 0) is 6.54 Å². The molecule has 0 atom stereocenters. The summed E-state index contributed by atoms with van der Waals surface area (Å²) in [6, 6.07) is 5.70. The maximum absolute atomic E-state index is 12.0. The van der Waals surface area contributed by atoms with Crippen LogP contribution in [0.1, 0.15) is 11.1 Å². The van der Waals surface area contributed by atoms with Gasteiger partial charge in [0.2, 0.25) is 0 Å². The first kappa shape index (κ1) is 13.5. The van der Waals surface area contributed by atoms with Gasteiger partial charge < -0.3 is 9.67 Å². The number of aryl methyl sites for hydroxylation is 2. The summed E-state index contributed by atoms with van der Waals surface area (Å²) in [4.78, 5) is 29.5. The van der Waals surface area contributed by atoms with E-state index in [1.807, 2.05) is 26.0 Å². The molecule has 2 aliphatic rings. The van der Waals surface area contributed by atoms with Gasteiger partial charge in [-0.3, -0.25) is 9.78 Å². The molecule has 3 rings (SSSR count).